The van der Waals surface area contributed by atoms with Crippen molar-refractivity contribution in [3.05, 3.63) is 83.1 Å². The molecular weight excluding hydrogens is 468 g/mol. The van der Waals surface area contributed by atoms with E-state index in [2.05, 4.69) is 22.2 Å². The molecule has 0 radical (unpaired) electrons. The zero-order valence-corrected chi connectivity index (χ0v) is 21.2. The number of aliphatic carboxylic acids is 1. The summed E-state index contributed by atoms with van der Waals surface area (Å²) in [4.78, 5) is 20.8. The molecule has 8 heteroatoms. The first-order chi connectivity index (χ1) is 17.8. The number of fused-ring (bicyclic) bond motifs is 2. The van der Waals surface area contributed by atoms with Crippen LogP contribution in [0.2, 0.25) is 0 Å². The third kappa shape index (κ3) is 5.64. The zero-order chi connectivity index (χ0) is 26.0. The second-order valence-corrected chi connectivity index (χ2v) is 10.2. The maximum atomic E-state index is 11.7. The summed E-state index contributed by atoms with van der Waals surface area (Å²) in [6.45, 7) is 3.86. The van der Waals surface area contributed by atoms with Crippen molar-refractivity contribution < 1.29 is 19.7 Å². The van der Waals surface area contributed by atoms with E-state index in [0.717, 1.165) is 41.6 Å². The molecule has 192 valence electrons. The smallest absolute Gasteiger partial charge is 0.305 e. The average molecular weight is 501 g/mol. The molecule has 8 nitrogen and oxygen atoms in total. The Hall–Kier alpha value is -3.78. The number of ether oxygens (including phenoxy) is 1. The molecule has 0 fully saturated rings. The number of hydrogen-bond donors (Lipinski definition) is 2. The van der Waals surface area contributed by atoms with Crippen LogP contribution in [0.1, 0.15) is 67.2 Å². The second-order valence-electron chi connectivity index (χ2n) is 10.2. The molecule has 0 saturated carbocycles. The summed E-state index contributed by atoms with van der Waals surface area (Å²) in [5.41, 5.74) is 4.64. The number of aromatic nitrogens is 4. The van der Waals surface area contributed by atoms with E-state index < -0.39 is 17.6 Å². The molecule has 37 heavy (non-hydrogen) atoms. The minimum Gasteiger partial charge on any atom is -0.493 e. The molecule has 3 aromatic heterocycles. The number of aryl methyl sites for hydroxylation is 2. The summed E-state index contributed by atoms with van der Waals surface area (Å²) in [5, 5.41) is 25.4. The highest BCUT2D eigenvalue weighted by molar-refractivity contribution is 5.81. The van der Waals surface area contributed by atoms with Gasteiger partial charge >= 0.3 is 5.97 Å². The first kappa shape index (κ1) is 24.9. The minimum absolute atomic E-state index is 0.167. The van der Waals surface area contributed by atoms with Crippen molar-refractivity contribution in [2.75, 3.05) is 6.61 Å². The number of rotatable bonds is 9. The van der Waals surface area contributed by atoms with Crippen molar-refractivity contribution in [2.45, 2.75) is 64.0 Å². The molecule has 0 bridgehead atoms. The summed E-state index contributed by atoms with van der Waals surface area (Å²) in [7, 11) is 0. The highest BCUT2D eigenvalue weighted by Gasteiger charge is 2.24. The van der Waals surface area contributed by atoms with Gasteiger partial charge in [0, 0.05) is 41.2 Å². The van der Waals surface area contributed by atoms with E-state index in [-0.39, 0.29) is 6.42 Å². The van der Waals surface area contributed by atoms with Gasteiger partial charge in [-0.1, -0.05) is 6.07 Å². The molecule has 0 aliphatic heterocycles. The van der Waals surface area contributed by atoms with Crippen LogP contribution in [0, 0.1) is 0 Å². The van der Waals surface area contributed by atoms with Crippen LogP contribution < -0.4 is 4.74 Å². The lowest BCUT2D eigenvalue weighted by Crippen LogP contribution is -2.20. The van der Waals surface area contributed by atoms with Gasteiger partial charge in [0.1, 0.15) is 5.75 Å². The molecule has 4 aromatic rings. The standard InChI is InChI=1S/C29H32N4O4/c1-29(2,36)22-13-20(16-30-18-22)27(15-28(34)35)33-26-10-9-24(14-21(26)17-31-33)37-12-11-23-8-7-19-5-3-4-6-25(19)32-23/h7-10,13-14,16-18,27,36H,3-6,11-12,15H2,1-2H3,(H,34,35). The molecular formula is C29H32N4O4. The van der Waals surface area contributed by atoms with E-state index in [0.29, 0.717) is 17.7 Å². The molecule has 1 aliphatic carbocycles. The van der Waals surface area contributed by atoms with Gasteiger partial charge in [-0.05, 0) is 81.0 Å². The first-order valence-corrected chi connectivity index (χ1v) is 12.8. The number of carbonyl (C=O) groups is 1. The van der Waals surface area contributed by atoms with E-state index in [9.17, 15) is 15.0 Å². The Kier molecular flexibility index (Phi) is 6.93. The zero-order valence-electron chi connectivity index (χ0n) is 21.2. The normalized spacial score (nSPS) is 14.4. The lowest BCUT2D eigenvalue weighted by atomic mass is 9.96. The van der Waals surface area contributed by atoms with Crippen molar-refractivity contribution in [3.8, 4) is 5.75 Å². The monoisotopic (exact) mass is 500 g/mol. The van der Waals surface area contributed by atoms with Crippen LogP contribution >= 0.6 is 0 Å². The van der Waals surface area contributed by atoms with Gasteiger partial charge in [-0.15, -0.1) is 0 Å². The maximum Gasteiger partial charge on any atom is 0.305 e. The van der Waals surface area contributed by atoms with Gasteiger partial charge in [0.25, 0.3) is 0 Å². The average Bonchev–Trinajstić information content (AvgIpc) is 3.30. The Labute approximate surface area is 216 Å². The number of hydrogen-bond acceptors (Lipinski definition) is 6. The summed E-state index contributed by atoms with van der Waals surface area (Å²) >= 11 is 0. The Bertz CT molecular complexity index is 1420. The largest absolute Gasteiger partial charge is 0.493 e. The van der Waals surface area contributed by atoms with Crippen molar-refractivity contribution in [1.82, 2.24) is 19.7 Å². The summed E-state index contributed by atoms with van der Waals surface area (Å²) in [6, 6.07) is 11.2. The third-order valence-corrected chi connectivity index (χ3v) is 6.94. The van der Waals surface area contributed by atoms with Gasteiger partial charge in [0.2, 0.25) is 0 Å². The predicted octanol–water partition coefficient (Wildman–Crippen LogP) is 4.62. The van der Waals surface area contributed by atoms with Crippen molar-refractivity contribution >= 4 is 16.9 Å². The molecule has 2 N–H and O–H groups in total. The highest BCUT2D eigenvalue weighted by Crippen LogP contribution is 2.30. The molecule has 1 unspecified atom stereocenters. The van der Waals surface area contributed by atoms with Gasteiger partial charge in [-0.25, -0.2) is 0 Å². The molecule has 5 rings (SSSR count). The SMILES string of the molecule is CC(C)(O)c1cncc(C(CC(=O)O)n2ncc3cc(OCCc4ccc5c(n4)CCCC5)ccc32)c1. The molecule has 1 atom stereocenters. The van der Waals surface area contributed by atoms with E-state index >= 15 is 0 Å². The fourth-order valence-electron chi connectivity index (χ4n) is 4.89. The Morgan fingerprint density at radius 1 is 1.11 bits per heavy atom. The van der Waals surface area contributed by atoms with Gasteiger partial charge in [-0.3, -0.25) is 19.4 Å². The van der Waals surface area contributed by atoms with Gasteiger partial charge in [0.15, 0.2) is 0 Å². The number of pyridine rings is 2. The lowest BCUT2D eigenvalue weighted by Gasteiger charge is -2.21. The lowest BCUT2D eigenvalue weighted by molar-refractivity contribution is -0.137. The molecule has 0 amide bonds. The van der Waals surface area contributed by atoms with Crippen LogP contribution in [0.5, 0.6) is 5.75 Å². The van der Waals surface area contributed by atoms with Crippen LogP contribution in [-0.2, 0) is 29.7 Å². The quantitative estimate of drug-likeness (QED) is 0.345. The van der Waals surface area contributed by atoms with Crippen LogP contribution in [0.3, 0.4) is 0 Å². The number of carboxylic acids is 1. The Morgan fingerprint density at radius 3 is 2.76 bits per heavy atom. The molecule has 1 aromatic carbocycles. The predicted molar refractivity (Wildman–Crippen MR) is 140 cm³/mol. The van der Waals surface area contributed by atoms with Crippen molar-refractivity contribution in [3.63, 3.8) is 0 Å². The second kappa shape index (κ2) is 10.3. The molecule has 0 spiro atoms. The number of carboxylic acid groups (broad SMARTS) is 1. The van der Waals surface area contributed by atoms with Crippen LogP contribution in [0.4, 0.5) is 0 Å². The van der Waals surface area contributed by atoms with Crippen molar-refractivity contribution in [1.29, 1.82) is 0 Å². The summed E-state index contributed by atoms with van der Waals surface area (Å²) in [6.07, 6.45) is 10.1. The van der Waals surface area contributed by atoms with E-state index in [4.69, 9.17) is 9.72 Å². The number of nitrogens with zero attached hydrogens (tertiary/aromatic N) is 4. The Balaban J connectivity index is 1.33. The third-order valence-electron chi connectivity index (χ3n) is 6.94. The van der Waals surface area contributed by atoms with E-state index in [1.165, 1.54) is 24.1 Å². The van der Waals surface area contributed by atoms with Crippen LogP contribution in [0.15, 0.2) is 55.0 Å². The first-order valence-electron chi connectivity index (χ1n) is 12.8. The number of aliphatic hydroxyl groups is 1. The van der Waals surface area contributed by atoms with Crippen LogP contribution in [0.25, 0.3) is 10.9 Å². The fourth-order valence-corrected chi connectivity index (χ4v) is 4.89. The molecule has 0 saturated heterocycles. The number of benzene rings is 1. The van der Waals surface area contributed by atoms with E-state index in [1.54, 1.807) is 43.2 Å². The molecule has 1 aliphatic rings. The molecule has 3 heterocycles. The van der Waals surface area contributed by atoms with Gasteiger partial charge in [-0.2, -0.15) is 5.10 Å². The van der Waals surface area contributed by atoms with Crippen molar-refractivity contribution in [2.24, 2.45) is 0 Å². The fraction of sp³-hybridized carbons (Fsp3) is 0.379. The summed E-state index contributed by atoms with van der Waals surface area (Å²) in [5.74, 6) is -0.219. The maximum absolute atomic E-state index is 11.7. The van der Waals surface area contributed by atoms with E-state index in [1.807, 2.05) is 18.2 Å². The Morgan fingerprint density at radius 2 is 1.95 bits per heavy atom. The van der Waals surface area contributed by atoms with Crippen LogP contribution in [-0.4, -0.2) is 42.5 Å². The topological polar surface area (TPSA) is 110 Å². The highest BCUT2D eigenvalue weighted by atomic mass is 16.5. The van der Waals surface area contributed by atoms with Gasteiger partial charge in [0.05, 0.1) is 36.4 Å². The summed E-state index contributed by atoms with van der Waals surface area (Å²) < 4.78 is 7.73. The minimum atomic E-state index is -1.09. The van der Waals surface area contributed by atoms with Gasteiger partial charge < -0.3 is 14.9 Å².